The average Bonchev–Trinajstić information content (AvgIpc) is 3.91. The summed E-state index contributed by atoms with van der Waals surface area (Å²) in [5.41, 5.74) is 14.2. The zero-order valence-electron chi connectivity index (χ0n) is 37.9. The third-order valence-corrected chi connectivity index (χ3v) is 12.5. The van der Waals surface area contributed by atoms with E-state index in [1.54, 1.807) is 0 Å². The molecule has 0 N–H and O–H groups in total. The number of benzene rings is 8. The Morgan fingerprint density at radius 1 is 0.600 bits per heavy atom. The molecule has 3 aromatic heterocycles. The summed E-state index contributed by atoms with van der Waals surface area (Å²) in [7, 11) is 0. The number of nitrogens with zero attached hydrogens (tertiary/aromatic N) is 3. The molecule has 0 bridgehead atoms. The second kappa shape index (κ2) is 17.7. The molecule has 1 radical (unpaired) electrons. The van der Waals surface area contributed by atoms with Gasteiger partial charge in [0.1, 0.15) is 5.58 Å². The average molecular weight is 1020 g/mol. The minimum atomic E-state index is 0. The minimum Gasteiger partial charge on any atom is -0.501 e. The van der Waals surface area contributed by atoms with Gasteiger partial charge in [0, 0.05) is 37.4 Å². The molecular weight excluding hydrogens is 971 g/mol. The molecule has 0 spiro atoms. The largest absolute Gasteiger partial charge is 0.501 e. The van der Waals surface area contributed by atoms with E-state index < -0.39 is 0 Å². The predicted octanol–water partition coefficient (Wildman–Crippen LogP) is 16.5. The van der Waals surface area contributed by atoms with Crippen LogP contribution in [-0.2, 0) is 25.5 Å². The number of para-hydroxylation sites is 2. The third kappa shape index (κ3) is 8.09. The van der Waals surface area contributed by atoms with Gasteiger partial charge in [0.05, 0.1) is 22.4 Å². The molecule has 3 heterocycles. The molecule has 0 aliphatic rings. The number of hydrogen-bond acceptors (Lipinski definition) is 3. The number of imidazole rings is 1. The van der Waals surface area contributed by atoms with Gasteiger partial charge < -0.3 is 14.0 Å². The van der Waals surface area contributed by atoms with Crippen molar-refractivity contribution in [3.8, 4) is 39.5 Å². The summed E-state index contributed by atoms with van der Waals surface area (Å²) < 4.78 is 9.17. The van der Waals surface area contributed by atoms with Crippen LogP contribution >= 0.6 is 0 Å². The van der Waals surface area contributed by atoms with E-state index in [-0.39, 0.29) is 37.4 Å². The van der Waals surface area contributed by atoms with Crippen LogP contribution < -0.4 is 0 Å². The second-order valence-corrected chi connectivity index (χ2v) is 18.4. The van der Waals surface area contributed by atoms with E-state index in [9.17, 15) is 0 Å². The van der Waals surface area contributed by atoms with Crippen LogP contribution in [0.1, 0.15) is 77.0 Å². The first-order chi connectivity index (χ1) is 31.0. The topological polar surface area (TPSA) is 43.9 Å². The van der Waals surface area contributed by atoms with E-state index in [1.807, 2.05) is 36.5 Å². The molecule has 65 heavy (non-hydrogen) atoms. The van der Waals surface area contributed by atoms with Crippen molar-refractivity contribution in [2.75, 3.05) is 0 Å². The Hall–Kier alpha value is -6.65. The molecular formula is C60H51IrN3O-2. The maximum Gasteiger partial charge on any atom is 0.121 e. The molecule has 0 aliphatic carbocycles. The monoisotopic (exact) mass is 1020 g/mol. The van der Waals surface area contributed by atoms with Crippen LogP contribution in [0.4, 0.5) is 0 Å². The number of rotatable bonds is 6. The SMILES string of the molecule is CC(C)(C)c1ccc(-c2[c-]cccc2)nc1.CC(C)c1cc(-c2ccccc2)cc(C(C)C)c1-n1c(-c2[c-]ccc3c2oc2ccc4c5ccccc5ccc4c23)nc2ccccc21.[Ir]. The molecule has 0 unspecified atom stereocenters. The Labute approximate surface area is 395 Å². The van der Waals surface area contributed by atoms with Gasteiger partial charge in [-0.15, -0.1) is 54.1 Å². The van der Waals surface area contributed by atoms with E-state index in [0.29, 0.717) is 0 Å². The summed E-state index contributed by atoms with van der Waals surface area (Å²) in [5.74, 6) is 1.40. The number of fused-ring (bicyclic) bond motifs is 8. The molecule has 11 aromatic rings. The van der Waals surface area contributed by atoms with Crippen LogP contribution in [0.15, 0.2) is 174 Å². The first kappa shape index (κ1) is 43.6. The van der Waals surface area contributed by atoms with Gasteiger partial charge in [-0.3, -0.25) is 4.98 Å². The number of hydrogen-bond donors (Lipinski definition) is 0. The van der Waals surface area contributed by atoms with E-state index >= 15 is 0 Å². The Morgan fingerprint density at radius 3 is 2.02 bits per heavy atom. The Bertz CT molecular complexity index is 3440. The quantitative estimate of drug-likeness (QED) is 0.123. The molecule has 0 fully saturated rings. The van der Waals surface area contributed by atoms with Crippen molar-refractivity contribution in [3.63, 3.8) is 0 Å². The molecule has 0 saturated carbocycles. The van der Waals surface area contributed by atoms with Gasteiger partial charge in [-0.2, -0.15) is 0 Å². The molecule has 0 saturated heterocycles. The number of pyridine rings is 1. The molecule has 5 heteroatoms. The van der Waals surface area contributed by atoms with E-state index in [4.69, 9.17) is 9.40 Å². The van der Waals surface area contributed by atoms with Crippen molar-refractivity contribution < 1.29 is 24.5 Å². The standard InChI is InChI=1S/C45H35N2O.C15H16N.Ir/c1-27(2)37-25-31(29-13-6-5-7-14-29)26-38(28(3)4)43(37)47-40-20-11-10-19-39(40)46-45(47)36-18-12-17-35-42-34-22-21-30-15-8-9-16-32(30)33(34)23-24-41(42)48-44(35)36;1-15(2,3)13-9-10-14(16-11-13)12-7-5-4-6-8-12;/h5-17,19-28H,1-4H3;4-7,9-11H,1-3H3;/q2*-1;. The van der Waals surface area contributed by atoms with Crippen molar-refractivity contribution in [2.45, 2.75) is 65.7 Å². The molecule has 0 aliphatic heterocycles. The normalized spacial score (nSPS) is 11.8. The molecule has 11 rings (SSSR count). The fourth-order valence-corrected chi connectivity index (χ4v) is 9.08. The van der Waals surface area contributed by atoms with Gasteiger partial charge in [-0.1, -0.05) is 156 Å². The summed E-state index contributed by atoms with van der Waals surface area (Å²) in [6.45, 7) is 15.7. The van der Waals surface area contributed by atoms with Crippen molar-refractivity contribution in [1.29, 1.82) is 0 Å². The molecule has 4 nitrogen and oxygen atoms in total. The minimum absolute atomic E-state index is 0. The van der Waals surface area contributed by atoms with Crippen molar-refractivity contribution in [1.82, 2.24) is 14.5 Å². The number of furan rings is 1. The maximum absolute atomic E-state index is 6.79. The van der Waals surface area contributed by atoms with Crippen LogP contribution in [-0.4, -0.2) is 14.5 Å². The van der Waals surface area contributed by atoms with Crippen LogP contribution in [0, 0.1) is 12.1 Å². The zero-order chi connectivity index (χ0) is 44.1. The van der Waals surface area contributed by atoms with Gasteiger partial charge >= 0.3 is 0 Å². The molecule has 8 aromatic carbocycles. The van der Waals surface area contributed by atoms with Gasteiger partial charge in [0.25, 0.3) is 0 Å². The van der Waals surface area contributed by atoms with Crippen molar-refractivity contribution in [2.24, 2.45) is 0 Å². The van der Waals surface area contributed by atoms with E-state index in [0.717, 1.165) is 55.6 Å². The van der Waals surface area contributed by atoms with Crippen LogP contribution in [0.25, 0.3) is 94.0 Å². The first-order valence-electron chi connectivity index (χ1n) is 22.4. The first-order valence-corrected chi connectivity index (χ1v) is 22.4. The van der Waals surface area contributed by atoms with Crippen LogP contribution in [0.2, 0.25) is 0 Å². The third-order valence-electron chi connectivity index (χ3n) is 12.5. The van der Waals surface area contributed by atoms with Gasteiger partial charge in [0.2, 0.25) is 0 Å². The summed E-state index contributed by atoms with van der Waals surface area (Å²) in [6.07, 6.45) is 1.95. The summed E-state index contributed by atoms with van der Waals surface area (Å²) in [5, 5.41) is 7.11. The fourth-order valence-electron chi connectivity index (χ4n) is 9.08. The summed E-state index contributed by atoms with van der Waals surface area (Å²) in [4.78, 5) is 9.82. The fraction of sp³-hybridized carbons (Fsp3) is 0.167. The Morgan fingerprint density at radius 2 is 1.31 bits per heavy atom. The second-order valence-electron chi connectivity index (χ2n) is 18.4. The van der Waals surface area contributed by atoms with Crippen LogP contribution in [0.3, 0.4) is 0 Å². The van der Waals surface area contributed by atoms with Gasteiger partial charge in [0.15, 0.2) is 0 Å². The molecule has 323 valence electrons. The van der Waals surface area contributed by atoms with Gasteiger partial charge in [-0.25, -0.2) is 0 Å². The molecule has 0 amide bonds. The van der Waals surface area contributed by atoms with E-state index in [1.165, 1.54) is 55.0 Å². The summed E-state index contributed by atoms with van der Waals surface area (Å²) >= 11 is 0. The van der Waals surface area contributed by atoms with E-state index in [2.05, 4.69) is 204 Å². The zero-order valence-corrected chi connectivity index (χ0v) is 40.3. The number of aromatic nitrogens is 3. The molecule has 0 atom stereocenters. The van der Waals surface area contributed by atoms with Crippen molar-refractivity contribution >= 4 is 54.5 Å². The smallest absolute Gasteiger partial charge is 0.121 e. The van der Waals surface area contributed by atoms with Gasteiger partial charge in [-0.05, 0) is 103 Å². The Kier molecular flexibility index (Phi) is 11.9. The van der Waals surface area contributed by atoms with Crippen molar-refractivity contribution in [3.05, 3.63) is 199 Å². The predicted molar refractivity (Wildman–Crippen MR) is 268 cm³/mol. The summed E-state index contributed by atoms with van der Waals surface area (Å²) in [6, 6.07) is 64.3. The van der Waals surface area contributed by atoms with Crippen LogP contribution in [0.5, 0.6) is 0 Å². The Balaban J connectivity index is 0.000000266. The maximum atomic E-state index is 6.79.